The van der Waals surface area contributed by atoms with Crippen LogP contribution in [0.3, 0.4) is 0 Å². The average molecular weight is 382 g/mol. The van der Waals surface area contributed by atoms with E-state index in [1.54, 1.807) is 6.92 Å². The lowest BCUT2D eigenvalue weighted by molar-refractivity contribution is 0.0496. The third kappa shape index (κ3) is 7.61. The molecule has 1 aromatic heterocycles. The van der Waals surface area contributed by atoms with E-state index < -0.39 is 11.7 Å². The normalized spacial score (nSPS) is 13.4. The molecule has 1 atom stereocenters. The molecule has 2 amide bonds. The Morgan fingerprint density at radius 1 is 1.15 bits per heavy atom. The summed E-state index contributed by atoms with van der Waals surface area (Å²) in [7, 11) is 0. The summed E-state index contributed by atoms with van der Waals surface area (Å²) >= 11 is 0. The van der Waals surface area contributed by atoms with E-state index in [9.17, 15) is 9.59 Å². The smallest absolute Gasteiger partial charge is 0.407 e. The van der Waals surface area contributed by atoms with Crippen LogP contribution in [0.1, 0.15) is 83.6 Å². The minimum Gasteiger partial charge on any atom is -0.444 e. The number of hydrogen-bond donors (Lipinski definition) is 2. The van der Waals surface area contributed by atoms with Crippen LogP contribution < -0.4 is 10.6 Å². The van der Waals surface area contributed by atoms with Crippen molar-refractivity contribution < 1.29 is 18.8 Å². The predicted octanol–water partition coefficient (Wildman–Crippen LogP) is 3.95. The van der Waals surface area contributed by atoms with Crippen molar-refractivity contribution in [3.8, 4) is 0 Å². The number of ether oxygens (including phenoxy) is 1. The fraction of sp³-hybridized carbons (Fsp3) is 0.750. The number of aromatic nitrogens is 1. The lowest BCUT2D eigenvalue weighted by Crippen LogP contribution is -2.46. The van der Waals surface area contributed by atoms with Crippen molar-refractivity contribution in [2.24, 2.45) is 5.92 Å². The molecule has 154 valence electrons. The molecule has 0 bridgehead atoms. The Labute approximate surface area is 162 Å². The Balaban J connectivity index is 2.83. The zero-order chi connectivity index (χ0) is 21.0. The van der Waals surface area contributed by atoms with Gasteiger partial charge in [-0.2, -0.15) is 0 Å². The van der Waals surface area contributed by atoms with Gasteiger partial charge in [0.25, 0.3) is 5.91 Å². The highest BCUT2D eigenvalue weighted by Gasteiger charge is 2.29. The Kier molecular flexibility index (Phi) is 7.46. The van der Waals surface area contributed by atoms with Gasteiger partial charge in [0.1, 0.15) is 22.6 Å². The SMILES string of the molecule is Cc1onc(C(C)(C)C)c1C(=O)NCC(CC(C)C)NC(=O)OC(C)(C)C. The van der Waals surface area contributed by atoms with E-state index in [1.807, 2.05) is 41.5 Å². The predicted molar refractivity (Wildman–Crippen MR) is 105 cm³/mol. The van der Waals surface area contributed by atoms with Gasteiger partial charge in [0, 0.05) is 18.0 Å². The second-order valence-electron chi connectivity index (χ2n) is 9.40. The molecule has 1 unspecified atom stereocenters. The molecule has 7 heteroatoms. The summed E-state index contributed by atoms with van der Waals surface area (Å²) in [6, 6.07) is -0.234. The molecule has 1 heterocycles. The molecular weight excluding hydrogens is 346 g/mol. The molecule has 27 heavy (non-hydrogen) atoms. The van der Waals surface area contributed by atoms with Crippen molar-refractivity contribution in [1.82, 2.24) is 15.8 Å². The molecule has 0 spiro atoms. The molecule has 0 aliphatic carbocycles. The van der Waals surface area contributed by atoms with Gasteiger partial charge < -0.3 is 19.9 Å². The van der Waals surface area contributed by atoms with E-state index in [0.29, 0.717) is 35.9 Å². The standard InChI is InChI=1S/C20H35N3O4/c1-12(2)10-14(22-18(25)26-20(7,8)9)11-21-17(24)15-13(3)27-23-16(15)19(4,5)6/h12,14H,10-11H2,1-9H3,(H,21,24)(H,22,25). The van der Waals surface area contributed by atoms with E-state index in [1.165, 1.54) is 0 Å². The third-order valence-electron chi connectivity index (χ3n) is 3.79. The molecule has 0 aliphatic heterocycles. The molecule has 0 aromatic carbocycles. The highest BCUT2D eigenvalue weighted by atomic mass is 16.6. The molecule has 1 rings (SSSR count). The fourth-order valence-corrected chi connectivity index (χ4v) is 2.69. The second kappa shape index (κ2) is 8.76. The van der Waals surface area contributed by atoms with E-state index in [4.69, 9.17) is 9.26 Å². The monoisotopic (exact) mass is 381 g/mol. The van der Waals surface area contributed by atoms with Crippen LogP contribution in [0.15, 0.2) is 4.52 Å². The van der Waals surface area contributed by atoms with Crippen molar-refractivity contribution in [3.05, 3.63) is 17.0 Å². The van der Waals surface area contributed by atoms with E-state index in [-0.39, 0.29) is 17.4 Å². The molecule has 0 radical (unpaired) electrons. The number of nitrogens with one attached hydrogen (secondary N) is 2. The molecule has 0 saturated heterocycles. The van der Waals surface area contributed by atoms with Crippen molar-refractivity contribution in [2.45, 2.75) is 85.8 Å². The Bertz CT molecular complexity index is 651. The lowest BCUT2D eigenvalue weighted by Gasteiger charge is -2.25. The molecule has 0 fully saturated rings. The Morgan fingerprint density at radius 3 is 2.22 bits per heavy atom. The number of aryl methyl sites for hydroxylation is 1. The van der Waals surface area contributed by atoms with Gasteiger partial charge in [-0.1, -0.05) is 39.8 Å². The minimum atomic E-state index is -0.573. The molecule has 2 N–H and O–H groups in total. The van der Waals surface area contributed by atoms with Crippen LogP contribution in [0.2, 0.25) is 0 Å². The van der Waals surface area contributed by atoms with Crippen LogP contribution in [-0.4, -0.2) is 35.3 Å². The Hall–Kier alpha value is -2.05. The first-order valence-electron chi connectivity index (χ1n) is 9.45. The van der Waals surface area contributed by atoms with Crippen LogP contribution in [-0.2, 0) is 10.2 Å². The first kappa shape index (κ1) is 23.0. The van der Waals surface area contributed by atoms with Gasteiger partial charge >= 0.3 is 6.09 Å². The van der Waals surface area contributed by atoms with Crippen molar-refractivity contribution in [2.75, 3.05) is 6.54 Å². The largest absolute Gasteiger partial charge is 0.444 e. The van der Waals surface area contributed by atoms with Crippen molar-refractivity contribution >= 4 is 12.0 Å². The first-order chi connectivity index (χ1) is 12.2. The highest BCUT2D eigenvalue weighted by Crippen LogP contribution is 2.26. The zero-order valence-corrected chi connectivity index (χ0v) is 18.1. The minimum absolute atomic E-state index is 0.234. The quantitative estimate of drug-likeness (QED) is 0.778. The van der Waals surface area contributed by atoms with E-state index in [2.05, 4.69) is 29.6 Å². The second-order valence-corrected chi connectivity index (χ2v) is 9.40. The van der Waals surface area contributed by atoms with Gasteiger partial charge in [0.05, 0.1) is 0 Å². The summed E-state index contributed by atoms with van der Waals surface area (Å²) in [4.78, 5) is 24.8. The topological polar surface area (TPSA) is 93.5 Å². The number of carbonyl (C=O) groups excluding carboxylic acids is 2. The molecular formula is C20H35N3O4. The van der Waals surface area contributed by atoms with Gasteiger partial charge in [0.15, 0.2) is 0 Å². The maximum Gasteiger partial charge on any atom is 0.407 e. The van der Waals surface area contributed by atoms with Crippen molar-refractivity contribution in [3.63, 3.8) is 0 Å². The van der Waals surface area contributed by atoms with Crippen LogP contribution in [0.5, 0.6) is 0 Å². The first-order valence-corrected chi connectivity index (χ1v) is 9.45. The molecule has 0 saturated carbocycles. The zero-order valence-electron chi connectivity index (χ0n) is 18.1. The van der Waals surface area contributed by atoms with Crippen molar-refractivity contribution in [1.29, 1.82) is 0 Å². The van der Waals surface area contributed by atoms with Crippen LogP contribution in [0.4, 0.5) is 4.79 Å². The summed E-state index contributed by atoms with van der Waals surface area (Å²) in [5.41, 5.74) is 0.203. The average Bonchev–Trinajstić information content (AvgIpc) is 2.83. The number of rotatable bonds is 6. The molecule has 0 aliphatic rings. The van der Waals surface area contributed by atoms with Gasteiger partial charge in [-0.3, -0.25) is 4.79 Å². The maximum atomic E-state index is 12.7. The molecule has 7 nitrogen and oxygen atoms in total. The number of carbonyl (C=O) groups is 2. The number of amides is 2. The number of hydrogen-bond acceptors (Lipinski definition) is 5. The summed E-state index contributed by atoms with van der Waals surface area (Å²) in [5, 5.41) is 9.80. The van der Waals surface area contributed by atoms with Gasteiger partial charge in [-0.15, -0.1) is 0 Å². The van der Waals surface area contributed by atoms with Crippen LogP contribution in [0.25, 0.3) is 0 Å². The number of alkyl carbamates (subject to hydrolysis) is 1. The van der Waals surface area contributed by atoms with Gasteiger partial charge in [0.2, 0.25) is 0 Å². The molecule has 1 aromatic rings. The summed E-state index contributed by atoms with van der Waals surface area (Å²) in [5.74, 6) is 0.584. The van der Waals surface area contributed by atoms with Gasteiger partial charge in [-0.25, -0.2) is 4.79 Å². The van der Waals surface area contributed by atoms with Crippen LogP contribution in [0, 0.1) is 12.8 Å². The summed E-state index contributed by atoms with van der Waals surface area (Å²) in [6.45, 7) is 17.5. The maximum absolute atomic E-state index is 12.7. The van der Waals surface area contributed by atoms with Crippen LogP contribution >= 0.6 is 0 Å². The summed E-state index contributed by atoms with van der Waals surface area (Å²) in [6.07, 6.45) is 0.229. The number of nitrogens with zero attached hydrogens (tertiary/aromatic N) is 1. The summed E-state index contributed by atoms with van der Waals surface area (Å²) < 4.78 is 10.6. The fourth-order valence-electron chi connectivity index (χ4n) is 2.69. The van der Waals surface area contributed by atoms with E-state index >= 15 is 0 Å². The highest BCUT2D eigenvalue weighted by molar-refractivity contribution is 5.96. The van der Waals surface area contributed by atoms with E-state index in [0.717, 1.165) is 0 Å². The Morgan fingerprint density at radius 2 is 1.74 bits per heavy atom. The van der Waals surface area contributed by atoms with Gasteiger partial charge in [-0.05, 0) is 40.0 Å². The lowest BCUT2D eigenvalue weighted by atomic mass is 9.88. The third-order valence-corrected chi connectivity index (χ3v) is 3.79.